The molecule has 1 aliphatic heterocycles. The number of halogens is 1. The molecule has 7 heteroatoms. The maximum atomic E-state index is 15.2. The van der Waals surface area contributed by atoms with Crippen LogP contribution in [0.3, 0.4) is 0 Å². The number of pyridine rings is 1. The zero-order chi connectivity index (χ0) is 18.4. The summed E-state index contributed by atoms with van der Waals surface area (Å²) < 4.78 is 22.0. The Hall–Kier alpha value is -3.19. The van der Waals surface area contributed by atoms with Gasteiger partial charge in [0.2, 0.25) is 0 Å². The number of hydrogen-bond donors (Lipinski definition) is 1. The molecule has 1 N–H and O–H groups in total. The lowest BCUT2D eigenvalue weighted by molar-refractivity contribution is 0.122. The smallest absolute Gasteiger partial charge is 0.280 e. The fourth-order valence-electron chi connectivity index (χ4n) is 3.59. The second kappa shape index (κ2) is 6.21. The Morgan fingerprint density at radius 2 is 1.81 bits per heavy atom. The Morgan fingerprint density at radius 1 is 1.04 bits per heavy atom. The zero-order valence-electron chi connectivity index (χ0n) is 14.5. The largest absolute Gasteiger partial charge is 0.378 e. The summed E-state index contributed by atoms with van der Waals surface area (Å²) in [5.74, 6) is -0.371. The quantitative estimate of drug-likeness (QED) is 0.594. The molecule has 3 heterocycles. The minimum absolute atomic E-state index is 0.205. The van der Waals surface area contributed by atoms with Crippen molar-refractivity contribution < 1.29 is 9.13 Å². The molecule has 4 aromatic rings. The van der Waals surface area contributed by atoms with Crippen molar-refractivity contribution in [2.24, 2.45) is 0 Å². The van der Waals surface area contributed by atoms with Crippen molar-refractivity contribution in [1.29, 1.82) is 0 Å². The van der Waals surface area contributed by atoms with E-state index in [-0.39, 0.29) is 16.9 Å². The SMILES string of the molecule is O=c1c2cnc3c(F)c(N4CCOCC4)ccc3c2[nH]n1-c1ccccc1. The molecule has 5 rings (SSSR count). The molecule has 27 heavy (non-hydrogen) atoms. The van der Waals surface area contributed by atoms with E-state index in [1.807, 2.05) is 41.3 Å². The predicted molar refractivity (Wildman–Crippen MR) is 102 cm³/mol. The molecule has 0 aliphatic carbocycles. The summed E-state index contributed by atoms with van der Waals surface area (Å²) in [6, 6.07) is 12.9. The first-order valence-corrected chi connectivity index (χ1v) is 8.84. The number of aromatic nitrogens is 3. The van der Waals surface area contributed by atoms with Gasteiger partial charge in [-0.3, -0.25) is 14.9 Å². The van der Waals surface area contributed by atoms with Crippen molar-refractivity contribution in [2.45, 2.75) is 0 Å². The Balaban J connectivity index is 1.71. The number of H-pyrrole nitrogens is 1. The molecule has 6 nitrogen and oxygen atoms in total. The Bertz CT molecular complexity index is 1190. The molecule has 2 aromatic heterocycles. The van der Waals surface area contributed by atoms with Gasteiger partial charge in [-0.1, -0.05) is 18.2 Å². The van der Waals surface area contributed by atoms with Crippen LogP contribution in [0.4, 0.5) is 10.1 Å². The van der Waals surface area contributed by atoms with Crippen molar-refractivity contribution in [3.8, 4) is 5.69 Å². The maximum Gasteiger partial charge on any atom is 0.280 e. The molecule has 0 radical (unpaired) electrons. The normalized spacial score (nSPS) is 14.9. The highest BCUT2D eigenvalue weighted by atomic mass is 19.1. The number of anilines is 1. The average Bonchev–Trinajstić information content (AvgIpc) is 3.07. The third-order valence-electron chi connectivity index (χ3n) is 4.98. The van der Waals surface area contributed by atoms with Crippen molar-refractivity contribution >= 4 is 27.5 Å². The lowest BCUT2D eigenvalue weighted by Gasteiger charge is -2.29. The van der Waals surface area contributed by atoms with Gasteiger partial charge in [-0.15, -0.1) is 0 Å². The van der Waals surface area contributed by atoms with E-state index < -0.39 is 0 Å². The molecule has 2 aromatic carbocycles. The van der Waals surface area contributed by atoms with Gasteiger partial charge in [-0.05, 0) is 24.3 Å². The van der Waals surface area contributed by atoms with Crippen LogP contribution in [0.15, 0.2) is 53.5 Å². The molecule has 1 aliphatic rings. The number of nitrogens with one attached hydrogen (secondary N) is 1. The summed E-state index contributed by atoms with van der Waals surface area (Å²) in [6.45, 7) is 2.45. The molecule has 0 bridgehead atoms. The average molecular weight is 364 g/mol. The Morgan fingerprint density at radius 3 is 2.59 bits per heavy atom. The molecule has 0 atom stereocenters. The van der Waals surface area contributed by atoms with E-state index in [4.69, 9.17) is 4.74 Å². The van der Waals surface area contributed by atoms with Crippen LogP contribution in [0, 0.1) is 5.82 Å². The lowest BCUT2D eigenvalue weighted by atomic mass is 10.1. The predicted octanol–water partition coefficient (Wildman–Crippen LogP) is 2.84. The van der Waals surface area contributed by atoms with Crippen molar-refractivity contribution in [1.82, 2.24) is 14.8 Å². The van der Waals surface area contributed by atoms with Gasteiger partial charge >= 0.3 is 0 Å². The summed E-state index contributed by atoms with van der Waals surface area (Å²) in [5.41, 5.74) is 1.87. The number of ether oxygens (including phenoxy) is 1. The van der Waals surface area contributed by atoms with Crippen LogP contribution >= 0.6 is 0 Å². The molecule has 136 valence electrons. The molecule has 0 unspecified atom stereocenters. The van der Waals surface area contributed by atoms with E-state index >= 15 is 4.39 Å². The van der Waals surface area contributed by atoms with Crippen LogP contribution in [0.25, 0.3) is 27.5 Å². The van der Waals surface area contributed by atoms with Crippen molar-refractivity contribution in [3.05, 3.63) is 64.8 Å². The number of rotatable bonds is 2. The van der Waals surface area contributed by atoms with Gasteiger partial charge in [-0.25, -0.2) is 9.07 Å². The minimum Gasteiger partial charge on any atom is -0.378 e. The number of para-hydroxylation sites is 1. The number of aromatic amines is 1. The molecular weight excluding hydrogens is 347 g/mol. The summed E-state index contributed by atoms with van der Waals surface area (Å²) in [5, 5.41) is 4.14. The first-order valence-electron chi connectivity index (χ1n) is 8.84. The molecule has 0 amide bonds. The highest BCUT2D eigenvalue weighted by Crippen LogP contribution is 2.30. The topological polar surface area (TPSA) is 63.2 Å². The van der Waals surface area contributed by atoms with Crippen LogP contribution < -0.4 is 10.5 Å². The molecule has 1 fully saturated rings. The maximum absolute atomic E-state index is 15.2. The van der Waals surface area contributed by atoms with Gasteiger partial charge in [0.1, 0.15) is 5.52 Å². The number of fused-ring (bicyclic) bond motifs is 3. The summed E-state index contributed by atoms with van der Waals surface area (Å²) in [4.78, 5) is 19.0. The van der Waals surface area contributed by atoms with E-state index in [1.54, 1.807) is 6.07 Å². The highest BCUT2D eigenvalue weighted by Gasteiger charge is 2.20. The van der Waals surface area contributed by atoms with Crippen LogP contribution in [-0.2, 0) is 4.74 Å². The van der Waals surface area contributed by atoms with Crippen LogP contribution in [0.2, 0.25) is 0 Å². The second-order valence-corrected chi connectivity index (χ2v) is 6.53. The summed E-state index contributed by atoms with van der Waals surface area (Å²) in [6.07, 6.45) is 1.45. The number of morpholine rings is 1. The third-order valence-corrected chi connectivity index (χ3v) is 4.98. The first-order chi connectivity index (χ1) is 13.2. The standard InChI is InChI=1S/C20H17FN4O2/c21-17-16(24-8-10-27-11-9-24)7-6-14-18-15(12-22-19(14)17)20(26)25(23-18)13-4-2-1-3-5-13/h1-7,12,23H,8-11H2. The van der Waals surface area contributed by atoms with E-state index in [9.17, 15) is 4.79 Å². The van der Waals surface area contributed by atoms with Crippen LogP contribution in [0.1, 0.15) is 0 Å². The minimum atomic E-state index is -0.371. The summed E-state index contributed by atoms with van der Waals surface area (Å²) in [7, 11) is 0. The van der Waals surface area contributed by atoms with Gasteiger partial charge in [0.05, 0.1) is 35.5 Å². The Labute approximate surface area is 153 Å². The summed E-state index contributed by atoms with van der Waals surface area (Å²) >= 11 is 0. The van der Waals surface area contributed by atoms with Gasteiger partial charge in [0.15, 0.2) is 5.82 Å². The van der Waals surface area contributed by atoms with Crippen LogP contribution in [-0.4, -0.2) is 41.1 Å². The van der Waals surface area contributed by atoms with Crippen LogP contribution in [0.5, 0.6) is 0 Å². The van der Waals surface area contributed by atoms with E-state index in [2.05, 4.69) is 10.1 Å². The van der Waals surface area contributed by atoms with Gasteiger partial charge in [0, 0.05) is 24.7 Å². The number of benzene rings is 2. The lowest BCUT2D eigenvalue weighted by Crippen LogP contribution is -2.36. The molecule has 0 spiro atoms. The fraction of sp³-hybridized carbons (Fsp3) is 0.200. The van der Waals surface area contributed by atoms with E-state index in [0.29, 0.717) is 48.3 Å². The van der Waals surface area contributed by atoms with Gasteiger partial charge < -0.3 is 9.64 Å². The molecular formula is C20H17FN4O2. The van der Waals surface area contributed by atoms with Crippen molar-refractivity contribution in [2.75, 3.05) is 31.2 Å². The third kappa shape index (κ3) is 2.50. The number of nitrogens with zero attached hydrogens (tertiary/aromatic N) is 3. The molecule has 1 saturated heterocycles. The van der Waals surface area contributed by atoms with E-state index in [1.165, 1.54) is 10.9 Å². The Kier molecular flexibility index (Phi) is 3.68. The molecule has 0 saturated carbocycles. The van der Waals surface area contributed by atoms with E-state index in [0.717, 1.165) is 5.69 Å². The first kappa shape index (κ1) is 16.0. The second-order valence-electron chi connectivity index (χ2n) is 6.53. The monoisotopic (exact) mass is 364 g/mol. The zero-order valence-corrected chi connectivity index (χ0v) is 14.5. The van der Waals surface area contributed by atoms with Crippen molar-refractivity contribution in [3.63, 3.8) is 0 Å². The fourth-order valence-corrected chi connectivity index (χ4v) is 3.59. The highest BCUT2D eigenvalue weighted by molar-refractivity contribution is 6.04. The number of hydrogen-bond acceptors (Lipinski definition) is 4. The van der Waals surface area contributed by atoms with Gasteiger partial charge in [0.25, 0.3) is 5.56 Å². The van der Waals surface area contributed by atoms with Gasteiger partial charge in [-0.2, -0.15) is 0 Å².